The highest BCUT2D eigenvalue weighted by Gasteiger charge is 2.65. The van der Waals surface area contributed by atoms with Crippen LogP contribution in [-0.2, 0) is 14.8 Å². The van der Waals surface area contributed by atoms with Crippen molar-refractivity contribution in [1.82, 2.24) is 4.72 Å². The fraction of sp³-hybridized carbons (Fsp3) is 0.435. The standard InChI is InChI=1S/C23H27NO3S/c1-22(2)19-13-14-23(22,20(25)15-19)16-28(26,27)24-21(17-9-5-3-6-10-17)18-11-7-4-8-12-18/h3-12,19,21,24H,13-16H2,1-2H3. The first kappa shape index (κ1) is 19.3. The molecule has 5 heteroatoms. The third-order valence-corrected chi connectivity index (χ3v) is 8.61. The van der Waals surface area contributed by atoms with E-state index in [1.54, 1.807) is 0 Å². The van der Waals surface area contributed by atoms with Crippen molar-refractivity contribution in [3.05, 3.63) is 71.8 Å². The predicted octanol–water partition coefficient (Wildman–Crippen LogP) is 4.09. The van der Waals surface area contributed by atoms with Gasteiger partial charge in [-0.2, -0.15) is 0 Å². The normalized spacial score (nSPS) is 26.1. The summed E-state index contributed by atoms with van der Waals surface area (Å²) in [6, 6.07) is 18.7. The van der Waals surface area contributed by atoms with Crippen LogP contribution in [0.25, 0.3) is 0 Å². The molecule has 0 spiro atoms. The van der Waals surface area contributed by atoms with Crippen LogP contribution in [0.5, 0.6) is 0 Å². The number of rotatable bonds is 6. The van der Waals surface area contributed by atoms with Gasteiger partial charge in [-0.25, -0.2) is 13.1 Å². The van der Waals surface area contributed by atoms with E-state index in [2.05, 4.69) is 18.6 Å². The van der Waals surface area contributed by atoms with Gasteiger partial charge in [-0.1, -0.05) is 74.5 Å². The largest absolute Gasteiger partial charge is 0.299 e. The summed E-state index contributed by atoms with van der Waals surface area (Å²) >= 11 is 0. The van der Waals surface area contributed by atoms with Gasteiger partial charge in [0.1, 0.15) is 5.78 Å². The highest BCUT2D eigenvalue weighted by Crippen LogP contribution is 2.64. The Morgan fingerprint density at radius 3 is 1.96 bits per heavy atom. The summed E-state index contributed by atoms with van der Waals surface area (Å²) in [6.45, 7) is 4.13. The molecule has 2 aromatic carbocycles. The zero-order valence-corrected chi connectivity index (χ0v) is 17.2. The number of nitrogens with one attached hydrogen (secondary N) is 1. The Balaban J connectivity index is 1.66. The van der Waals surface area contributed by atoms with Crippen LogP contribution >= 0.6 is 0 Å². The van der Waals surface area contributed by atoms with Crippen molar-refractivity contribution in [2.45, 2.75) is 39.2 Å². The van der Waals surface area contributed by atoms with E-state index in [-0.39, 0.29) is 17.0 Å². The highest BCUT2D eigenvalue weighted by atomic mass is 32.2. The summed E-state index contributed by atoms with van der Waals surface area (Å²) in [6.07, 6.45) is 2.13. The van der Waals surface area contributed by atoms with Gasteiger partial charge in [0.2, 0.25) is 10.0 Å². The third-order valence-electron chi connectivity index (χ3n) is 7.14. The van der Waals surface area contributed by atoms with Gasteiger partial charge in [0.25, 0.3) is 0 Å². The van der Waals surface area contributed by atoms with E-state index >= 15 is 0 Å². The van der Waals surface area contributed by atoms with E-state index in [0.717, 1.165) is 17.5 Å². The summed E-state index contributed by atoms with van der Waals surface area (Å²) in [5.74, 6) is 0.294. The molecule has 28 heavy (non-hydrogen) atoms. The van der Waals surface area contributed by atoms with E-state index in [0.29, 0.717) is 18.8 Å². The molecular formula is C23H27NO3S. The Kier molecular flexibility index (Phi) is 4.71. The topological polar surface area (TPSA) is 63.2 Å². The number of fused-ring (bicyclic) bond motifs is 2. The van der Waals surface area contributed by atoms with Crippen LogP contribution in [0.2, 0.25) is 0 Å². The van der Waals surface area contributed by atoms with Crippen molar-refractivity contribution in [2.75, 3.05) is 5.75 Å². The molecule has 148 valence electrons. The average Bonchev–Trinajstić information content (AvgIpc) is 3.01. The van der Waals surface area contributed by atoms with Crippen LogP contribution in [0, 0.1) is 16.7 Å². The minimum atomic E-state index is -3.68. The molecule has 0 aromatic heterocycles. The van der Waals surface area contributed by atoms with Crippen molar-refractivity contribution in [1.29, 1.82) is 0 Å². The second-order valence-electron chi connectivity index (χ2n) is 8.80. The molecule has 0 aliphatic heterocycles. The molecule has 1 N–H and O–H groups in total. The number of sulfonamides is 1. The van der Waals surface area contributed by atoms with Crippen LogP contribution in [0.3, 0.4) is 0 Å². The van der Waals surface area contributed by atoms with Gasteiger partial charge < -0.3 is 0 Å². The van der Waals surface area contributed by atoms with Crippen molar-refractivity contribution in [3.8, 4) is 0 Å². The maximum atomic E-state index is 13.3. The Morgan fingerprint density at radius 1 is 1.00 bits per heavy atom. The van der Waals surface area contributed by atoms with Gasteiger partial charge >= 0.3 is 0 Å². The highest BCUT2D eigenvalue weighted by molar-refractivity contribution is 7.89. The maximum absolute atomic E-state index is 13.3. The number of carbonyl (C=O) groups is 1. The molecule has 0 amide bonds. The molecule has 2 atom stereocenters. The van der Waals surface area contributed by atoms with Gasteiger partial charge in [0.15, 0.2) is 0 Å². The van der Waals surface area contributed by atoms with Crippen molar-refractivity contribution < 1.29 is 13.2 Å². The molecular weight excluding hydrogens is 370 g/mol. The number of hydrogen-bond donors (Lipinski definition) is 1. The molecule has 4 rings (SSSR count). The van der Waals surface area contributed by atoms with E-state index in [1.807, 2.05) is 60.7 Å². The lowest BCUT2D eigenvalue weighted by molar-refractivity contribution is -0.128. The van der Waals surface area contributed by atoms with Gasteiger partial charge in [0.05, 0.1) is 11.8 Å². The van der Waals surface area contributed by atoms with Crippen molar-refractivity contribution >= 4 is 15.8 Å². The average molecular weight is 398 g/mol. The van der Waals surface area contributed by atoms with E-state index < -0.39 is 21.5 Å². The van der Waals surface area contributed by atoms with Crippen LogP contribution in [0.4, 0.5) is 0 Å². The minimum absolute atomic E-state index is 0.120. The summed E-state index contributed by atoms with van der Waals surface area (Å²) in [5, 5.41) is 0. The zero-order chi connectivity index (χ0) is 20.0. The second-order valence-corrected chi connectivity index (χ2v) is 10.6. The molecule has 2 unspecified atom stereocenters. The first-order chi connectivity index (χ1) is 13.3. The van der Waals surface area contributed by atoms with Gasteiger partial charge in [0, 0.05) is 11.8 Å². The smallest absolute Gasteiger partial charge is 0.213 e. The number of ketones is 1. The molecule has 2 aliphatic rings. The molecule has 2 bridgehead atoms. The summed E-state index contributed by atoms with van der Waals surface area (Å²) in [5.41, 5.74) is 0.738. The van der Waals surface area contributed by atoms with Crippen LogP contribution in [0.15, 0.2) is 60.7 Å². The Morgan fingerprint density at radius 2 is 1.54 bits per heavy atom. The zero-order valence-electron chi connectivity index (χ0n) is 16.4. The van der Waals surface area contributed by atoms with Crippen LogP contribution < -0.4 is 4.72 Å². The first-order valence-electron chi connectivity index (χ1n) is 9.88. The quantitative estimate of drug-likeness (QED) is 0.798. The first-order valence-corrected chi connectivity index (χ1v) is 11.5. The molecule has 0 radical (unpaired) electrons. The predicted molar refractivity (Wildman–Crippen MR) is 110 cm³/mol. The van der Waals surface area contributed by atoms with Crippen molar-refractivity contribution in [2.24, 2.45) is 16.7 Å². The summed E-state index contributed by atoms with van der Waals surface area (Å²) in [4.78, 5) is 12.8. The molecule has 2 saturated carbocycles. The minimum Gasteiger partial charge on any atom is -0.299 e. The molecule has 0 heterocycles. The lowest BCUT2D eigenvalue weighted by Crippen LogP contribution is -2.46. The molecule has 2 aliphatic carbocycles. The van der Waals surface area contributed by atoms with E-state index in [1.165, 1.54) is 0 Å². The summed E-state index contributed by atoms with van der Waals surface area (Å²) in [7, 11) is -3.68. The second kappa shape index (κ2) is 6.82. The molecule has 4 nitrogen and oxygen atoms in total. The fourth-order valence-corrected chi connectivity index (χ4v) is 7.31. The monoisotopic (exact) mass is 397 g/mol. The lowest BCUT2D eigenvalue weighted by atomic mass is 9.70. The van der Waals surface area contributed by atoms with Gasteiger partial charge in [-0.3, -0.25) is 4.79 Å². The Hall–Kier alpha value is -1.98. The summed E-state index contributed by atoms with van der Waals surface area (Å²) < 4.78 is 29.5. The molecule has 2 fully saturated rings. The van der Waals surface area contributed by atoms with E-state index in [9.17, 15) is 13.2 Å². The number of carbonyl (C=O) groups excluding carboxylic acids is 1. The number of hydrogen-bond acceptors (Lipinski definition) is 3. The fourth-order valence-electron chi connectivity index (χ4n) is 5.27. The molecule has 0 saturated heterocycles. The molecule has 2 aromatic rings. The maximum Gasteiger partial charge on any atom is 0.213 e. The van der Waals surface area contributed by atoms with Gasteiger partial charge in [-0.05, 0) is 35.3 Å². The van der Waals surface area contributed by atoms with Crippen LogP contribution in [-0.4, -0.2) is 20.0 Å². The lowest BCUT2D eigenvalue weighted by Gasteiger charge is -2.36. The number of benzene rings is 2. The Bertz CT molecular complexity index is 930. The third kappa shape index (κ3) is 3.11. The number of Topliss-reactive ketones (excluding diaryl/α,β-unsaturated/α-hetero) is 1. The SMILES string of the molecule is CC1(C)C2CCC1(CS(=O)(=O)NC(c1ccccc1)c1ccccc1)C(=O)C2. The van der Waals surface area contributed by atoms with Crippen LogP contribution in [0.1, 0.15) is 50.3 Å². The van der Waals surface area contributed by atoms with Crippen molar-refractivity contribution in [3.63, 3.8) is 0 Å². The Labute approximate surface area is 167 Å². The van der Waals surface area contributed by atoms with Gasteiger partial charge in [-0.15, -0.1) is 0 Å². The van der Waals surface area contributed by atoms with E-state index in [4.69, 9.17) is 0 Å².